The summed E-state index contributed by atoms with van der Waals surface area (Å²) < 4.78 is 0. The van der Waals surface area contributed by atoms with Crippen molar-refractivity contribution < 1.29 is 5.11 Å². The van der Waals surface area contributed by atoms with Gasteiger partial charge in [-0.3, -0.25) is 15.8 Å². The van der Waals surface area contributed by atoms with Crippen LogP contribution >= 0.6 is 11.8 Å². The third kappa shape index (κ3) is 2.93. The molecule has 0 aliphatic heterocycles. The van der Waals surface area contributed by atoms with Crippen molar-refractivity contribution in [3.05, 3.63) is 30.1 Å². The molecule has 0 aliphatic rings. The van der Waals surface area contributed by atoms with Crippen molar-refractivity contribution in [3.63, 3.8) is 0 Å². The van der Waals surface area contributed by atoms with Crippen molar-refractivity contribution in [2.24, 2.45) is 0 Å². The second-order valence-electron chi connectivity index (χ2n) is 2.69. The molecule has 0 saturated carbocycles. The number of aliphatic hydroxyl groups excluding tert-OH is 1. The Morgan fingerprint density at radius 2 is 2.21 bits per heavy atom. The molecule has 1 aromatic heterocycles. The van der Waals surface area contributed by atoms with Gasteiger partial charge in [0.25, 0.3) is 0 Å². The lowest BCUT2D eigenvalue weighted by molar-refractivity contribution is 0.264. The van der Waals surface area contributed by atoms with E-state index >= 15 is 0 Å². The van der Waals surface area contributed by atoms with Gasteiger partial charge in [0.2, 0.25) is 0 Å². The van der Waals surface area contributed by atoms with Gasteiger partial charge in [-0.1, -0.05) is 17.8 Å². The molecule has 0 bridgehead atoms. The van der Waals surface area contributed by atoms with Gasteiger partial charge in [-0.15, -0.1) is 0 Å². The molecule has 4 nitrogen and oxygen atoms in total. The number of nitrogens with one attached hydrogen (secondary N) is 2. The Hall–Kier alpha value is -1.20. The Morgan fingerprint density at radius 1 is 1.50 bits per heavy atom. The molecule has 1 heterocycles. The van der Waals surface area contributed by atoms with E-state index in [4.69, 9.17) is 15.9 Å². The van der Waals surface area contributed by atoms with E-state index in [1.54, 1.807) is 24.4 Å². The van der Waals surface area contributed by atoms with E-state index in [2.05, 4.69) is 4.98 Å². The van der Waals surface area contributed by atoms with Gasteiger partial charge in [-0.25, -0.2) is 0 Å². The molecule has 0 saturated heterocycles. The number of hydrogen-bond donors (Lipinski definition) is 3. The Bertz CT molecular complexity index is 337. The maximum atomic E-state index is 9.05. The molecule has 1 atom stereocenters. The van der Waals surface area contributed by atoms with Crippen LogP contribution in [0.15, 0.2) is 24.4 Å². The van der Waals surface area contributed by atoms with Crippen molar-refractivity contribution in [1.82, 2.24) is 4.98 Å². The smallest absolute Gasteiger partial charge is 0.119 e. The summed E-state index contributed by atoms with van der Waals surface area (Å²) in [6.07, 6.45) is 0.764. The third-order valence-electron chi connectivity index (χ3n) is 1.49. The molecule has 0 spiro atoms. The Kier molecular flexibility index (Phi) is 3.79. The van der Waals surface area contributed by atoms with Gasteiger partial charge in [0, 0.05) is 6.20 Å². The standard InChI is InChI=1S/C9H11N3OS/c1-6(13)8(10)14-9(11)7-4-2-3-5-12-7/h2-6,10-11,13H,1H3. The molecule has 0 aliphatic carbocycles. The average molecular weight is 209 g/mol. The maximum absolute atomic E-state index is 9.05. The number of pyridine rings is 1. The first-order valence-corrected chi connectivity index (χ1v) is 4.87. The van der Waals surface area contributed by atoms with Crippen LogP contribution < -0.4 is 0 Å². The molecule has 5 heteroatoms. The van der Waals surface area contributed by atoms with Crippen LogP contribution in [0.5, 0.6) is 0 Å². The highest BCUT2D eigenvalue weighted by Crippen LogP contribution is 2.12. The monoisotopic (exact) mass is 209 g/mol. The Morgan fingerprint density at radius 3 is 2.71 bits per heavy atom. The number of thioether (sulfide) groups is 1. The van der Waals surface area contributed by atoms with Crippen LogP contribution in [0, 0.1) is 10.8 Å². The highest BCUT2D eigenvalue weighted by Gasteiger charge is 2.10. The first kappa shape index (κ1) is 10.9. The van der Waals surface area contributed by atoms with Crippen LogP contribution in [0.1, 0.15) is 12.6 Å². The molecule has 0 aromatic carbocycles. The lowest BCUT2D eigenvalue weighted by Gasteiger charge is -2.06. The van der Waals surface area contributed by atoms with Crippen molar-refractivity contribution in [3.8, 4) is 0 Å². The zero-order valence-corrected chi connectivity index (χ0v) is 8.51. The fraction of sp³-hybridized carbons (Fsp3) is 0.222. The topological polar surface area (TPSA) is 80.8 Å². The van der Waals surface area contributed by atoms with Crippen molar-refractivity contribution >= 4 is 21.8 Å². The summed E-state index contributed by atoms with van der Waals surface area (Å²) in [6, 6.07) is 5.25. The van der Waals surface area contributed by atoms with E-state index in [-0.39, 0.29) is 10.1 Å². The molecule has 0 fully saturated rings. The molecule has 74 valence electrons. The van der Waals surface area contributed by atoms with Gasteiger partial charge in [0.1, 0.15) is 5.04 Å². The number of rotatable bonds is 2. The summed E-state index contributed by atoms with van der Waals surface area (Å²) >= 11 is 0.915. The maximum Gasteiger partial charge on any atom is 0.119 e. The van der Waals surface area contributed by atoms with E-state index in [1.165, 1.54) is 6.92 Å². The second-order valence-corrected chi connectivity index (χ2v) is 3.74. The van der Waals surface area contributed by atoms with E-state index in [0.29, 0.717) is 5.69 Å². The second kappa shape index (κ2) is 4.88. The van der Waals surface area contributed by atoms with Crippen LogP contribution in [0.2, 0.25) is 0 Å². The molecule has 0 radical (unpaired) electrons. The summed E-state index contributed by atoms with van der Waals surface area (Å²) in [5.74, 6) is 0. The van der Waals surface area contributed by atoms with Crippen LogP contribution in [0.25, 0.3) is 0 Å². The predicted octanol–water partition coefficient (Wildman–Crippen LogP) is 1.50. The summed E-state index contributed by atoms with van der Waals surface area (Å²) in [5, 5.41) is 24.3. The quantitative estimate of drug-likeness (QED) is 0.510. The van der Waals surface area contributed by atoms with Crippen molar-refractivity contribution in [2.75, 3.05) is 0 Å². The minimum absolute atomic E-state index is 0.0562. The SMILES string of the molecule is CC(O)C(=N)SC(=N)c1ccccn1. The van der Waals surface area contributed by atoms with Crippen molar-refractivity contribution in [1.29, 1.82) is 10.8 Å². The Labute approximate surface area is 86.4 Å². The zero-order chi connectivity index (χ0) is 10.6. The van der Waals surface area contributed by atoms with Gasteiger partial charge in [0.05, 0.1) is 16.8 Å². The minimum Gasteiger partial charge on any atom is -0.387 e. The van der Waals surface area contributed by atoms with Gasteiger partial charge in [-0.2, -0.15) is 0 Å². The van der Waals surface area contributed by atoms with Crippen LogP contribution in [-0.2, 0) is 0 Å². The summed E-state index contributed by atoms with van der Waals surface area (Å²) in [4.78, 5) is 3.97. The summed E-state index contributed by atoms with van der Waals surface area (Å²) in [5.41, 5.74) is 0.517. The van der Waals surface area contributed by atoms with Crippen LogP contribution in [-0.4, -0.2) is 26.3 Å². The van der Waals surface area contributed by atoms with Crippen LogP contribution in [0.4, 0.5) is 0 Å². The normalized spacial score (nSPS) is 12.1. The highest BCUT2D eigenvalue weighted by molar-refractivity contribution is 8.26. The summed E-state index contributed by atoms with van der Waals surface area (Å²) in [6.45, 7) is 1.50. The minimum atomic E-state index is -0.830. The molecular weight excluding hydrogens is 198 g/mol. The average Bonchev–Trinajstić information content (AvgIpc) is 2.19. The van der Waals surface area contributed by atoms with E-state index in [0.717, 1.165) is 11.8 Å². The number of hydrogen-bond acceptors (Lipinski definition) is 5. The Balaban J connectivity index is 2.65. The highest BCUT2D eigenvalue weighted by atomic mass is 32.2. The van der Waals surface area contributed by atoms with Gasteiger partial charge in [-0.05, 0) is 19.1 Å². The molecule has 0 amide bonds. The van der Waals surface area contributed by atoms with E-state index in [1.807, 2.05) is 0 Å². The largest absolute Gasteiger partial charge is 0.387 e. The van der Waals surface area contributed by atoms with Crippen LogP contribution in [0.3, 0.4) is 0 Å². The number of aromatic nitrogens is 1. The zero-order valence-electron chi connectivity index (χ0n) is 7.69. The molecule has 1 unspecified atom stereocenters. The lowest BCUT2D eigenvalue weighted by Crippen LogP contribution is -2.13. The number of nitrogens with zero attached hydrogens (tertiary/aromatic N) is 1. The molecular formula is C9H11N3OS. The van der Waals surface area contributed by atoms with Crippen molar-refractivity contribution in [2.45, 2.75) is 13.0 Å². The van der Waals surface area contributed by atoms with Gasteiger partial charge in [0.15, 0.2) is 0 Å². The molecule has 1 rings (SSSR count). The molecule has 3 N–H and O–H groups in total. The van der Waals surface area contributed by atoms with E-state index < -0.39 is 6.10 Å². The fourth-order valence-electron chi connectivity index (χ4n) is 0.745. The van der Waals surface area contributed by atoms with Gasteiger partial charge < -0.3 is 5.11 Å². The number of aliphatic hydroxyl groups is 1. The van der Waals surface area contributed by atoms with E-state index in [9.17, 15) is 0 Å². The first-order valence-electron chi connectivity index (χ1n) is 4.05. The van der Waals surface area contributed by atoms with Gasteiger partial charge >= 0.3 is 0 Å². The third-order valence-corrected chi connectivity index (χ3v) is 2.46. The fourth-order valence-corrected chi connectivity index (χ4v) is 1.36. The molecule has 14 heavy (non-hydrogen) atoms. The lowest BCUT2D eigenvalue weighted by atomic mass is 10.4. The summed E-state index contributed by atoms with van der Waals surface area (Å²) in [7, 11) is 0. The molecule has 1 aromatic rings. The predicted molar refractivity (Wildman–Crippen MR) is 58.1 cm³/mol. The first-order chi connectivity index (χ1) is 6.61.